The molecule has 0 radical (unpaired) electrons. The van der Waals surface area contributed by atoms with E-state index in [0.29, 0.717) is 9.92 Å². The third-order valence-electron chi connectivity index (χ3n) is 5.14. The molecule has 2 aromatic carbocycles. The van der Waals surface area contributed by atoms with Gasteiger partial charge in [0.25, 0.3) is 0 Å². The van der Waals surface area contributed by atoms with Gasteiger partial charge in [-0.2, -0.15) is 0 Å². The zero-order valence-corrected chi connectivity index (χ0v) is 19.0. The van der Waals surface area contributed by atoms with Crippen LogP contribution in [0.4, 0.5) is 0 Å². The van der Waals surface area contributed by atoms with E-state index in [9.17, 15) is 4.21 Å². The minimum absolute atomic E-state index is 0.386. The molecule has 0 amide bonds. The molecule has 0 saturated heterocycles. The fourth-order valence-electron chi connectivity index (χ4n) is 3.33. The van der Waals surface area contributed by atoms with Crippen LogP contribution in [0.2, 0.25) is 0 Å². The minimum atomic E-state index is -3.80. The Balaban J connectivity index is 1.87. The lowest BCUT2D eigenvalue weighted by Gasteiger charge is -2.33. The molecule has 0 aliphatic carbocycles. The Morgan fingerprint density at radius 3 is 2.37 bits per heavy atom. The highest BCUT2D eigenvalue weighted by Crippen LogP contribution is 2.40. The number of nitrogens with zero attached hydrogens (tertiary/aromatic N) is 2. The number of thiazole rings is 1. The molecule has 6 heteroatoms. The van der Waals surface area contributed by atoms with E-state index in [-0.39, 0.29) is 0 Å². The fraction of sp³-hybridized carbons (Fsp3) is 0.167. The Kier molecular flexibility index (Phi) is 5.18. The molecule has 0 bridgehead atoms. The van der Waals surface area contributed by atoms with Crippen LogP contribution in [0.15, 0.2) is 82.8 Å². The monoisotopic (exact) mass is 435 g/mol. The van der Waals surface area contributed by atoms with Crippen LogP contribution in [0.1, 0.15) is 17.5 Å². The first-order valence-electron chi connectivity index (χ1n) is 9.80. The molecule has 0 unspecified atom stereocenters. The van der Waals surface area contributed by atoms with Crippen LogP contribution < -0.4 is 5.14 Å². The van der Waals surface area contributed by atoms with E-state index < -0.39 is 9.25 Å². The van der Waals surface area contributed by atoms with Crippen LogP contribution >= 0.6 is 11.3 Å². The largest absolute Gasteiger partial charge is 0.263 e. The molecule has 2 N–H and O–H groups in total. The van der Waals surface area contributed by atoms with Crippen molar-refractivity contribution in [2.75, 3.05) is 6.26 Å². The van der Waals surface area contributed by atoms with E-state index in [1.54, 1.807) is 35.9 Å². The first-order chi connectivity index (χ1) is 14.3. The van der Waals surface area contributed by atoms with Crippen molar-refractivity contribution in [1.29, 1.82) is 0 Å². The highest BCUT2D eigenvalue weighted by molar-refractivity contribution is 8.17. The SMILES string of the molecule is CCc1nc(-c2ccc(C)cc2)c(-c2ccnc(S(C)(N)(=O)c3ccccc3)c2)s1. The second-order valence-electron chi connectivity index (χ2n) is 7.61. The standard InChI is InChI=1S/C24H25N3OS2/c1-4-21-27-23(18-12-10-17(2)11-13-18)24(29-21)19-14-15-26-22(16-19)30(3,25,28)20-8-6-5-7-9-20/h5-16H,4H2,1-3H3,(H2,25,28). The van der Waals surface area contributed by atoms with Crippen molar-refractivity contribution >= 4 is 20.6 Å². The molecule has 0 atom stereocenters. The first kappa shape index (κ1) is 20.6. The number of aryl methyl sites for hydroxylation is 2. The average molecular weight is 436 g/mol. The predicted molar refractivity (Wildman–Crippen MR) is 126 cm³/mol. The summed E-state index contributed by atoms with van der Waals surface area (Å²) in [6.07, 6.45) is 4.13. The van der Waals surface area contributed by atoms with E-state index in [1.807, 2.05) is 30.3 Å². The molecular formula is C24H25N3OS2. The number of hydrogen-bond donors (Lipinski definition) is 1. The highest BCUT2D eigenvalue weighted by Gasteiger charge is 2.33. The first-order valence-corrected chi connectivity index (χ1v) is 13.1. The molecular weight excluding hydrogens is 410 g/mol. The summed E-state index contributed by atoms with van der Waals surface area (Å²) in [6.45, 7) is 4.17. The van der Waals surface area contributed by atoms with Gasteiger partial charge in [0, 0.05) is 32.2 Å². The summed E-state index contributed by atoms with van der Waals surface area (Å²) in [7, 11) is -3.80. The predicted octanol–water partition coefficient (Wildman–Crippen LogP) is 5.48. The molecule has 0 spiro atoms. The van der Waals surface area contributed by atoms with Crippen molar-refractivity contribution in [3.63, 3.8) is 0 Å². The maximum absolute atomic E-state index is 13.9. The van der Waals surface area contributed by atoms with Crippen LogP contribution in [0, 0.1) is 6.92 Å². The summed E-state index contributed by atoms with van der Waals surface area (Å²) in [4.78, 5) is 10.9. The molecule has 2 heterocycles. The number of pyridine rings is 1. The Morgan fingerprint density at radius 1 is 1.00 bits per heavy atom. The fourth-order valence-corrected chi connectivity index (χ4v) is 6.17. The third kappa shape index (κ3) is 3.74. The zero-order valence-electron chi connectivity index (χ0n) is 17.3. The van der Waals surface area contributed by atoms with Crippen LogP contribution in [-0.4, -0.2) is 20.4 Å². The van der Waals surface area contributed by atoms with Crippen LogP contribution in [0.5, 0.6) is 0 Å². The zero-order chi connectivity index (χ0) is 21.4. The van der Waals surface area contributed by atoms with E-state index in [0.717, 1.165) is 33.1 Å². The van der Waals surface area contributed by atoms with Crippen molar-refractivity contribution in [3.8, 4) is 21.7 Å². The van der Waals surface area contributed by atoms with E-state index >= 15 is 0 Å². The topological polar surface area (TPSA) is 68.9 Å². The Bertz CT molecular complexity index is 1260. The van der Waals surface area contributed by atoms with E-state index in [4.69, 9.17) is 10.1 Å². The molecule has 0 saturated carbocycles. The number of hydrogen-bond acceptors (Lipinski definition) is 4. The van der Waals surface area contributed by atoms with Crippen molar-refractivity contribution in [2.24, 2.45) is 5.14 Å². The van der Waals surface area contributed by atoms with Gasteiger partial charge in [-0.3, -0.25) is 9.35 Å². The van der Waals surface area contributed by atoms with Gasteiger partial charge in [-0.1, -0.05) is 55.0 Å². The Hall–Kier alpha value is -2.67. The normalized spacial score (nSPS) is 13.0. The average Bonchev–Trinajstić information content (AvgIpc) is 3.19. The summed E-state index contributed by atoms with van der Waals surface area (Å²) >= 11 is 1.66. The number of rotatable bonds is 5. The second-order valence-corrected chi connectivity index (χ2v) is 12.4. The van der Waals surface area contributed by atoms with Crippen LogP contribution in [0.25, 0.3) is 21.7 Å². The van der Waals surface area contributed by atoms with E-state index in [2.05, 4.69) is 43.1 Å². The maximum Gasteiger partial charge on any atom is 0.122 e. The molecule has 2 aromatic heterocycles. The van der Waals surface area contributed by atoms with E-state index in [1.165, 1.54) is 5.56 Å². The lowest BCUT2D eigenvalue weighted by Crippen LogP contribution is -2.42. The molecule has 0 aliphatic rings. The van der Waals surface area contributed by atoms with Crippen molar-refractivity contribution < 1.29 is 4.21 Å². The van der Waals surface area contributed by atoms with Crippen molar-refractivity contribution in [3.05, 3.63) is 83.5 Å². The molecule has 4 rings (SSSR count). The van der Waals surface area contributed by atoms with Gasteiger partial charge in [0.1, 0.15) is 5.03 Å². The van der Waals surface area contributed by atoms with Crippen molar-refractivity contribution in [1.82, 2.24) is 9.97 Å². The van der Waals surface area contributed by atoms with Gasteiger partial charge in [0.05, 0.1) is 15.6 Å². The smallest absolute Gasteiger partial charge is 0.122 e. The van der Waals surface area contributed by atoms with Gasteiger partial charge in [-0.15, -0.1) is 11.3 Å². The quantitative estimate of drug-likeness (QED) is 0.451. The Labute approximate surface area is 181 Å². The van der Waals surface area contributed by atoms with Crippen LogP contribution in [0.3, 0.4) is 0 Å². The number of nitrogens with two attached hydrogens (primary N) is 1. The maximum atomic E-state index is 13.9. The third-order valence-corrected chi connectivity index (χ3v) is 9.10. The number of aromatic nitrogens is 2. The van der Waals surface area contributed by atoms with Gasteiger partial charge >= 0.3 is 0 Å². The Morgan fingerprint density at radius 2 is 1.70 bits per heavy atom. The molecule has 0 fully saturated rings. The summed E-state index contributed by atoms with van der Waals surface area (Å²) in [5, 5.41) is 7.97. The lowest BCUT2D eigenvalue weighted by molar-refractivity contribution is 0.656. The van der Waals surface area contributed by atoms with Gasteiger partial charge in [0.15, 0.2) is 0 Å². The van der Waals surface area contributed by atoms with Gasteiger partial charge in [0.2, 0.25) is 0 Å². The molecule has 154 valence electrons. The summed E-state index contributed by atoms with van der Waals surface area (Å²) in [5.74, 6) is 0. The minimum Gasteiger partial charge on any atom is -0.263 e. The van der Waals surface area contributed by atoms with Crippen LogP contribution in [-0.2, 0) is 15.7 Å². The molecule has 4 nitrogen and oxygen atoms in total. The van der Waals surface area contributed by atoms with Crippen molar-refractivity contribution in [2.45, 2.75) is 30.2 Å². The highest BCUT2D eigenvalue weighted by atomic mass is 32.3. The van der Waals surface area contributed by atoms with Gasteiger partial charge in [-0.05, 0) is 43.2 Å². The summed E-state index contributed by atoms with van der Waals surface area (Å²) < 4.78 is 13.9. The number of benzene rings is 2. The van der Waals surface area contributed by atoms with Gasteiger partial charge in [-0.25, -0.2) is 9.97 Å². The lowest BCUT2D eigenvalue weighted by atomic mass is 10.1. The molecule has 30 heavy (non-hydrogen) atoms. The second kappa shape index (κ2) is 7.54. The molecule has 4 aromatic rings. The summed E-state index contributed by atoms with van der Waals surface area (Å²) in [5.41, 5.74) is 4.13. The molecule has 0 aliphatic heterocycles. The summed E-state index contributed by atoms with van der Waals surface area (Å²) in [6, 6.07) is 21.3. The van der Waals surface area contributed by atoms with Gasteiger partial charge < -0.3 is 0 Å².